The average molecular weight is 321 g/mol. The van der Waals surface area contributed by atoms with Gasteiger partial charge in [0.2, 0.25) is 5.91 Å². The Hall–Kier alpha value is -3.21. The van der Waals surface area contributed by atoms with Gasteiger partial charge in [-0.2, -0.15) is 5.10 Å². The topological polar surface area (TPSA) is 46.9 Å². The minimum absolute atomic E-state index is 0.255. The first-order chi connectivity index (χ1) is 11.7. The van der Waals surface area contributed by atoms with Crippen molar-refractivity contribution in [3.05, 3.63) is 89.9 Å². The molecule has 3 rings (SSSR count). The predicted molar refractivity (Wildman–Crippen MR) is 91.8 cm³/mol. The SMILES string of the molecule is O=C(C=Cc1ccccc1)Nc1ccn(Cc2cccc(F)c2)n1. The Labute approximate surface area is 139 Å². The number of hydrogen-bond acceptors (Lipinski definition) is 2. The highest BCUT2D eigenvalue weighted by atomic mass is 19.1. The van der Waals surface area contributed by atoms with Gasteiger partial charge in [0.25, 0.3) is 0 Å². The number of carbonyl (C=O) groups is 1. The molecule has 5 heteroatoms. The van der Waals surface area contributed by atoms with Crippen LogP contribution < -0.4 is 5.32 Å². The van der Waals surface area contributed by atoms with Crippen molar-refractivity contribution in [1.82, 2.24) is 9.78 Å². The number of carbonyl (C=O) groups excluding carboxylic acids is 1. The number of anilines is 1. The Morgan fingerprint density at radius 2 is 1.96 bits per heavy atom. The van der Waals surface area contributed by atoms with Crippen LogP contribution in [0.3, 0.4) is 0 Å². The van der Waals surface area contributed by atoms with Crippen LogP contribution in [0.1, 0.15) is 11.1 Å². The Kier molecular flexibility index (Phi) is 4.81. The minimum atomic E-state index is -0.278. The lowest BCUT2D eigenvalue weighted by atomic mass is 10.2. The van der Waals surface area contributed by atoms with Gasteiger partial charge in [-0.3, -0.25) is 9.48 Å². The molecule has 24 heavy (non-hydrogen) atoms. The van der Waals surface area contributed by atoms with E-state index in [0.29, 0.717) is 12.4 Å². The summed E-state index contributed by atoms with van der Waals surface area (Å²) in [6.07, 6.45) is 4.93. The molecule has 1 heterocycles. The molecule has 0 fully saturated rings. The Bertz CT molecular complexity index is 856. The number of halogens is 1. The number of nitrogens with zero attached hydrogens (tertiary/aromatic N) is 2. The maximum atomic E-state index is 13.2. The third-order valence-corrected chi connectivity index (χ3v) is 3.35. The van der Waals surface area contributed by atoms with Gasteiger partial charge in [-0.25, -0.2) is 4.39 Å². The van der Waals surface area contributed by atoms with Crippen molar-refractivity contribution in [3.63, 3.8) is 0 Å². The molecule has 0 aliphatic carbocycles. The lowest BCUT2D eigenvalue weighted by molar-refractivity contribution is -0.111. The predicted octanol–water partition coefficient (Wildman–Crippen LogP) is 3.72. The highest BCUT2D eigenvalue weighted by Gasteiger charge is 2.03. The van der Waals surface area contributed by atoms with Gasteiger partial charge in [0.1, 0.15) is 5.82 Å². The van der Waals surface area contributed by atoms with E-state index in [1.165, 1.54) is 18.2 Å². The van der Waals surface area contributed by atoms with Gasteiger partial charge in [-0.1, -0.05) is 42.5 Å². The number of aromatic nitrogens is 2. The van der Waals surface area contributed by atoms with Crippen molar-refractivity contribution < 1.29 is 9.18 Å². The van der Waals surface area contributed by atoms with Gasteiger partial charge in [-0.15, -0.1) is 0 Å². The van der Waals surface area contributed by atoms with Crippen LogP contribution in [0.4, 0.5) is 10.2 Å². The Morgan fingerprint density at radius 1 is 1.12 bits per heavy atom. The van der Waals surface area contributed by atoms with Gasteiger partial charge >= 0.3 is 0 Å². The molecule has 1 amide bonds. The normalized spacial score (nSPS) is 10.9. The third kappa shape index (κ3) is 4.39. The van der Waals surface area contributed by atoms with E-state index in [1.54, 1.807) is 29.1 Å². The van der Waals surface area contributed by atoms with Crippen molar-refractivity contribution >= 4 is 17.8 Å². The molecule has 0 radical (unpaired) electrons. The quantitative estimate of drug-likeness (QED) is 0.728. The van der Waals surface area contributed by atoms with Crippen LogP contribution in [-0.4, -0.2) is 15.7 Å². The first-order valence-corrected chi connectivity index (χ1v) is 7.51. The van der Waals surface area contributed by atoms with Crippen LogP contribution in [-0.2, 0) is 11.3 Å². The maximum Gasteiger partial charge on any atom is 0.249 e. The van der Waals surface area contributed by atoms with Gasteiger partial charge in [0, 0.05) is 18.3 Å². The summed E-state index contributed by atoms with van der Waals surface area (Å²) in [7, 11) is 0. The van der Waals surface area contributed by atoms with E-state index in [9.17, 15) is 9.18 Å². The zero-order chi connectivity index (χ0) is 16.8. The summed E-state index contributed by atoms with van der Waals surface area (Å²) >= 11 is 0. The van der Waals surface area contributed by atoms with Crippen LogP contribution in [0.2, 0.25) is 0 Å². The Morgan fingerprint density at radius 3 is 2.75 bits per heavy atom. The average Bonchev–Trinajstić information content (AvgIpc) is 3.01. The van der Waals surface area contributed by atoms with Crippen LogP contribution in [0, 0.1) is 5.82 Å². The zero-order valence-electron chi connectivity index (χ0n) is 12.9. The van der Waals surface area contributed by atoms with Crippen molar-refractivity contribution in [2.45, 2.75) is 6.54 Å². The second-order valence-electron chi connectivity index (χ2n) is 5.26. The summed E-state index contributed by atoms with van der Waals surface area (Å²) in [6.45, 7) is 0.438. The molecule has 0 aliphatic heterocycles. The minimum Gasteiger partial charge on any atom is -0.306 e. The smallest absolute Gasteiger partial charge is 0.249 e. The summed E-state index contributed by atoms with van der Waals surface area (Å²) in [5.41, 5.74) is 1.75. The van der Waals surface area contributed by atoms with E-state index in [2.05, 4.69) is 10.4 Å². The molecule has 1 aromatic heterocycles. The van der Waals surface area contributed by atoms with Gasteiger partial charge in [0.05, 0.1) is 6.54 Å². The molecule has 0 spiro atoms. The van der Waals surface area contributed by atoms with E-state index in [0.717, 1.165) is 11.1 Å². The highest BCUT2D eigenvalue weighted by Crippen LogP contribution is 2.08. The number of benzene rings is 2. The largest absolute Gasteiger partial charge is 0.306 e. The molecular formula is C19H16FN3O. The summed E-state index contributed by atoms with van der Waals surface area (Å²) in [4.78, 5) is 11.9. The van der Waals surface area contributed by atoms with E-state index < -0.39 is 0 Å². The lowest BCUT2D eigenvalue weighted by Crippen LogP contribution is -2.09. The van der Waals surface area contributed by atoms with E-state index >= 15 is 0 Å². The third-order valence-electron chi connectivity index (χ3n) is 3.35. The van der Waals surface area contributed by atoms with Crippen molar-refractivity contribution in [2.24, 2.45) is 0 Å². The molecule has 4 nitrogen and oxygen atoms in total. The van der Waals surface area contributed by atoms with Crippen LogP contribution in [0.25, 0.3) is 6.08 Å². The first kappa shape index (κ1) is 15.7. The molecule has 3 aromatic rings. The molecular weight excluding hydrogens is 305 g/mol. The second-order valence-corrected chi connectivity index (χ2v) is 5.26. The fourth-order valence-corrected chi connectivity index (χ4v) is 2.24. The molecule has 0 saturated carbocycles. The van der Waals surface area contributed by atoms with Crippen molar-refractivity contribution in [3.8, 4) is 0 Å². The van der Waals surface area contributed by atoms with Gasteiger partial charge < -0.3 is 5.32 Å². The number of rotatable bonds is 5. The standard InChI is InChI=1S/C19H16FN3O/c20-17-8-4-7-16(13-17)14-23-12-11-18(22-23)21-19(24)10-9-15-5-2-1-3-6-15/h1-13H,14H2,(H,21,22,24). The van der Waals surface area contributed by atoms with E-state index in [4.69, 9.17) is 0 Å². The first-order valence-electron chi connectivity index (χ1n) is 7.51. The molecule has 1 N–H and O–H groups in total. The zero-order valence-corrected chi connectivity index (χ0v) is 12.9. The number of nitrogens with one attached hydrogen (secondary N) is 1. The molecule has 0 saturated heterocycles. The Balaban J connectivity index is 1.59. The fourth-order valence-electron chi connectivity index (χ4n) is 2.24. The van der Waals surface area contributed by atoms with Gasteiger partial charge in [0.15, 0.2) is 5.82 Å². The molecule has 0 unspecified atom stereocenters. The van der Waals surface area contributed by atoms with Crippen LogP contribution in [0.15, 0.2) is 72.9 Å². The summed E-state index contributed by atoms with van der Waals surface area (Å²) in [6, 6.07) is 17.6. The van der Waals surface area contributed by atoms with Crippen LogP contribution in [0.5, 0.6) is 0 Å². The summed E-state index contributed by atoms with van der Waals surface area (Å²) in [5, 5.41) is 6.96. The molecule has 120 valence electrons. The fraction of sp³-hybridized carbons (Fsp3) is 0.0526. The summed E-state index contributed by atoms with van der Waals surface area (Å²) in [5.74, 6) is -0.0804. The maximum absolute atomic E-state index is 13.2. The lowest BCUT2D eigenvalue weighted by Gasteiger charge is -2.02. The van der Waals surface area contributed by atoms with Crippen molar-refractivity contribution in [1.29, 1.82) is 0 Å². The van der Waals surface area contributed by atoms with E-state index in [1.807, 2.05) is 36.4 Å². The molecule has 0 bridgehead atoms. The molecule has 0 aliphatic rings. The van der Waals surface area contributed by atoms with Crippen molar-refractivity contribution in [2.75, 3.05) is 5.32 Å². The highest BCUT2D eigenvalue weighted by molar-refractivity contribution is 6.01. The monoisotopic (exact) mass is 321 g/mol. The van der Waals surface area contributed by atoms with Gasteiger partial charge in [-0.05, 0) is 29.3 Å². The summed E-state index contributed by atoms with van der Waals surface area (Å²) < 4.78 is 14.8. The molecule has 0 atom stereocenters. The van der Waals surface area contributed by atoms with E-state index in [-0.39, 0.29) is 11.7 Å². The number of amides is 1. The van der Waals surface area contributed by atoms with Crippen LogP contribution >= 0.6 is 0 Å². The second kappa shape index (κ2) is 7.37. The molecule has 2 aromatic carbocycles. The number of hydrogen-bond donors (Lipinski definition) is 1.